The van der Waals surface area contributed by atoms with Gasteiger partial charge in [-0.3, -0.25) is 9.59 Å². The molecular weight excluding hydrogens is 254 g/mol. The van der Waals surface area contributed by atoms with Gasteiger partial charge in [-0.05, 0) is 52.0 Å². The molecule has 116 valence electrons. The summed E-state index contributed by atoms with van der Waals surface area (Å²) in [5, 5.41) is 2.90. The van der Waals surface area contributed by atoms with E-state index in [1.807, 2.05) is 13.8 Å². The Morgan fingerprint density at radius 3 is 2.25 bits per heavy atom. The summed E-state index contributed by atoms with van der Waals surface area (Å²) in [7, 11) is 0. The van der Waals surface area contributed by atoms with Gasteiger partial charge in [0.2, 0.25) is 11.8 Å². The van der Waals surface area contributed by atoms with Crippen LogP contribution in [0.3, 0.4) is 0 Å². The van der Waals surface area contributed by atoms with E-state index in [-0.39, 0.29) is 17.7 Å². The van der Waals surface area contributed by atoms with Gasteiger partial charge in [0.15, 0.2) is 0 Å². The highest BCUT2D eigenvalue weighted by molar-refractivity contribution is 5.80. The fraction of sp³-hybridized carbons (Fsp3) is 0.867. The van der Waals surface area contributed by atoms with Crippen LogP contribution in [-0.4, -0.2) is 42.9 Å². The van der Waals surface area contributed by atoms with Gasteiger partial charge in [-0.25, -0.2) is 0 Å². The second-order valence-corrected chi connectivity index (χ2v) is 5.56. The zero-order valence-corrected chi connectivity index (χ0v) is 12.9. The van der Waals surface area contributed by atoms with Crippen molar-refractivity contribution in [2.75, 3.05) is 26.2 Å². The summed E-state index contributed by atoms with van der Waals surface area (Å²) in [6.45, 7) is 6.57. The van der Waals surface area contributed by atoms with Gasteiger partial charge in [-0.2, -0.15) is 0 Å². The molecule has 0 spiro atoms. The minimum Gasteiger partial charge on any atom is -0.355 e. The summed E-state index contributed by atoms with van der Waals surface area (Å²) in [5.41, 5.74) is 5.65. The van der Waals surface area contributed by atoms with Crippen LogP contribution >= 0.6 is 0 Å². The zero-order valence-electron chi connectivity index (χ0n) is 12.9. The molecule has 0 aromatic rings. The number of amides is 2. The van der Waals surface area contributed by atoms with Gasteiger partial charge in [0.05, 0.1) is 0 Å². The summed E-state index contributed by atoms with van der Waals surface area (Å²) >= 11 is 0. The molecule has 0 bridgehead atoms. The Hall–Kier alpha value is -1.10. The van der Waals surface area contributed by atoms with Crippen LogP contribution in [0, 0.1) is 11.8 Å². The summed E-state index contributed by atoms with van der Waals surface area (Å²) in [5.74, 6) is 0.916. The fourth-order valence-electron chi connectivity index (χ4n) is 2.83. The van der Waals surface area contributed by atoms with E-state index in [1.165, 1.54) is 0 Å². The number of nitrogens with one attached hydrogen (secondary N) is 1. The lowest BCUT2D eigenvalue weighted by Gasteiger charge is -2.26. The Morgan fingerprint density at radius 1 is 1.15 bits per heavy atom. The third-order valence-corrected chi connectivity index (χ3v) is 4.31. The van der Waals surface area contributed by atoms with Gasteiger partial charge in [0.1, 0.15) is 0 Å². The van der Waals surface area contributed by atoms with E-state index in [4.69, 9.17) is 5.73 Å². The van der Waals surface area contributed by atoms with Crippen LogP contribution in [0.2, 0.25) is 0 Å². The van der Waals surface area contributed by atoms with Gasteiger partial charge in [0, 0.05) is 32.0 Å². The second kappa shape index (κ2) is 8.95. The van der Waals surface area contributed by atoms with E-state index in [2.05, 4.69) is 5.32 Å². The predicted molar refractivity (Wildman–Crippen MR) is 80.1 cm³/mol. The Balaban J connectivity index is 2.22. The van der Waals surface area contributed by atoms with Crippen molar-refractivity contribution in [3.05, 3.63) is 0 Å². The van der Waals surface area contributed by atoms with Crippen LogP contribution in [0.15, 0.2) is 0 Å². The summed E-state index contributed by atoms with van der Waals surface area (Å²) < 4.78 is 0. The minimum absolute atomic E-state index is 0.104. The van der Waals surface area contributed by atoms with Crippen molar-refractivity contribution in [3.8, 4) is 0 Å². The van der Waals surface area contributed by atoms with Crippen molar-refractivity contribution in [3.63, 3.8) is 0 Å². The molecule has 2 amide bonds. The molecule has 1 rings (SSSR count). The van der Waals surface area contributed by atoms with Gasteiger partial charge >= 0.3 is 0 Å². The van der Waals surface area contributed by atoms with Crippen LogP contribution in [0.1, 0.15) is 46.0 Å². The molecule has 5 heteroatoms. The summed E-state index contributed by atoms with van der Waals surface area (Å²) in [4.78, 5) is 25.6. The first-order valence-corrected chi connectivity index (χ1v) is 7.87. The number of carbonyl (C=O) groups excluding carboxylic acids is 2. The monoisotopic (exact) mass is 283 g/mol. The largest absolute Gasteiger partial charge is 0.355 e. The van der Waals surface area contributed by atoms with Crippen molar-refractivity contribution in [2.24, 2.45) is 17.6 Å². The maximum Gasteiger partial charge on any atom is 0.224 e. The van der Waals surface area contributed by atoms with Gasteiger partial charge in [-0.1, -0.05) is 0 Å². The van der Waals surface area contributed by atoms with Gasteiger partial charge in [-0.15, -0.1) is 0 Å². The minimum atomic E-state index is 0.104. The molecule has 1 fully saturated rings. The predicted octanol–water partition coefficient (Wildman–Crippen LogP) is 1.13. The Labute approximate surface area is 122 Å². The normalized spacial score (nSPS) is 22.4. The van der Waals surface area contributed by atoms with Gasteiger partial charge in [0.25, 0.3) is 0 Å². The first-order valence-electron chi connectivity index (χ1n) is 7.87. The van der Waals surface area contributed by atoms with E-state index >= 15 is 0 Å². The first-order chi connectivity index (χ1) is 9.62. The average Bonchev–Trinajstić information content (AvgIpc) is 2.48. The quantitative estimate of drug-likeness (QED) is 0.735. The highest BCUT2D eigenvalue weighted by Gasteiger charge is 2.25. The smallest absolute Gasteiger partial charge is 0.224 e. The molecular formula is C15H29N3O2. The standard InChI is InChI=1S/C15H29N3O2/c1-3-18(4-2)14(19)9-10-17-15(20)13-7-5-12(11-16)6-8-13/h12-13H,3-11,16H2,1-2H3,(H,17,20). The van der Waals surface area contributed by atoms with Crippen LogP contribution in [0.5, 0.6) is 0 Å². The fourth-order valence-corrected chi connectivity index (χ4v) is 2.83. The van der Waals surface area contributed by atoms with E-state index < -0.39 is 0 Å². The topological polar surface area (TPSA) is 75.4 Å². The molecule has 0 saturated heterocycles. The molecule has 0 unspecified atom stereocenters. The molecule has 0 atom stereocenters. The maximum absolute atomic E-state index is 12.0. The van der Waals surface area contributed by atoms with E-state index in [0.717, 1.165) is 45.3 Å². The lowest BCUT2D eigenvalue weighted by Crippen LogP contribution is -2.37. The molecule has 0 aromatic heterocycles. The molecule has 0 aliphatic heterocycles. The lowest BCUT2D eigenvalue weighted by atomic mass is 9.81. The van der Waals surface area contributed by atoms with Crippen molar-refractivity contribution < 1.29 is 9.59 Å². The molecule has 1 aliphatic carbocycles. The number of nitrogens with zero attached hydrogens (tertiary/aromatic N) is 1. The molecule has 20 heavy (non-hydrogen) atoms. The van der Waals surface area contributed by atoms with Gasteiger partial charge < -0.3 is 16.0 Å². The number of hydrogen-bond donors (Lipinski definition) is 2. The van der Waals surface area contributed by atoms with Crippen molar-refractivity contribution >= 4 is 11.8 Å². The Morgan fingerprint density at radius 2 is 1.75 bits per heavy atom. The third-order valence-electron chi connectivity index (χ3n) is 4.31. The molecule has 0 heterocycles. The second-order valence-electron chi connectivity index (χ2n) is 5.56. The molecule has 0 radical (unpaired) electrons. The molecule has 0 aromatic carbocycles. The highest BCUT2D eigenvalue weighted by Crippen LogP contribution is 2.28. The molecule has 3 N–H and O–H groups in total. The third kappa shape index (κ3) is 5.12. The number of hydrogen-bond acceptors (Lipinski definition) is 3. The Kier molecular flexibility index (Phi) is 7.59. The lowest BCUT2D eigenvalue weighted by molar-refractivity contribution is -0.131. The van der Waals surface area contributed by atoms with Crippen LogP contribution < -0.4 is 11.1 Å². The molecule has 1 saturated carbocycles. The maximum atomic E-state index is 12.0. The van der Waals surface area contributed by atoms with E-state index in [9.17, 15) is 9.59 Å². The van der Waals surface area contributed by atoms with Crippen LogP contribution in [0.25, 0.3) is 0 Å². The van der Waals surface area contributed by atoms with E-state index in [1.54, 1.807) is 4.90 Å². The highest BCUT2D eigenvalue weighted by atomic mass is 16.2. The SMILES string of the molecule is CCN(CC)C(=O)CCNC(=O)C1CCC(CN)CC1. The van der Waals surface area contributed by atoms with Crippen molar-refractivity contribution in [1.29, 1.82) is 0 Å². The van der Waals surface area contributed by atoms with Crippen molar-refractivity contribution in [1.82, 2.24) is 10.2 Å². The molecule has 5 nitrogen and oxygen atoms in total. The van der Waals surface area contributed by atoms with Crippen molar-refractivity contribution in [2.45, 2.75) is 46.0 Å². The molecule has 1 aliphatic rings. The first kappa shape index (κ1) is 17.0. The summed E-state index contributed by atoms with van der Waals surface area (Å²) in [6.07, 6.45) is 4.35. The van der Waals surface area contributed by atoms with Crippen LogP contribution in [0.4, 0.5) is 0 Å². The average molecular weight is 283 g/mol. The number of rotatable bonds is 7. The Bertz CT molecular complexity index is 308. The number of nitrogens with two attached hydrogens (primary N) is 1. The van der Waals surface area contributed by atoms with Crippen LogP contribution in [-0.2, 0) is 9.59 Å². The zero-order chi connectivity index (χ0) is 15.0. The summed E-state index contributed by atoms with van der Waals surface area (Å²) in [6, 6.07) is 0. The number of carbonyl (C=O) groups is 2. The van der Waals surface area contributed by atoms with E-state index in [0.29, 0.717) is 18.9 Å².